The highest BCUT2D eigenvalue weighted by Crippen LogP contribution is 2.31. The Morgan fingerprint density at radius 3 is 2.56 bits per heavy atom. The smallest absolute Gasteiger partial charge is 0.113 e. The summed E-state index contributed by atoms with van der Waals surface area (Å²) in [6, 6.07) is 0. The zero-order chi connectivity index (χ0) is 12.2. The molecule has 0 aliphatic carbocycles. The van der Waals surface area contributed by atoms with E-state index in [0.29, 0.717) is 5.92 Å². The fraction of sp³-hybridized carbons (Fsp3) is 0.769. The van der Waals surface area contributed by atoms with Crippen molar-refractivity contribution in [3.05, 3.63) is 16.1 Å². The zero-order valence-corrected chi connectivity index (χ0v) is 11.7. The molecule has 0 saturated carbocycles. The van der Waals surface area contributed by atoms with E-state index in [1.54, 1.807) is 11.3 Å². The topological polar surface area (TPSA) is 38.9 Å². The molecular formula is C13H24N2S. The molecule has 3 heteroatoms. The molecule has 0 bridgehead atoms. The van der Waals surface area contributed by atoms with Crippen LogP contribution < -0.4 is 5.73 Å². The van der Waals surface area contributed by atoms with E-state index < -0.39 is 0 Å². The molecule has 0 saturated heterocycles. The first-order chi connectivity index (χ1) is 7.53. The van der Waals surface area contributed by atoms with Crippen LogP contribution in [0.5, 0.6) is 0 Å². The van der Waals surface area contributed by atoms with Gasteiger partial charge in [-0.15, -0.1) is 11.3 Å². The highest BCUT2D eigenvalue weighted by molar-refractivity contribution is 7.09. The summed E-state index contributed by atoms with van der Waals surface area (Å²) in [5.41, 5.74) is 7.45. The molecular weight excluding hydrogens is 216 g/mol. The number of rotatable bonds is 6. The molecule has 1 aromatic rings. The minimum Gasteiger partial charge on any atom is -0.319 e. The summed E-state index contributed by atoms with van der Waals surface area (Å²) in [4.78, 5) is 4.70. The van der Waals surface area contributed by atoms with Crippen molar-refractivity contribution in [1.82, 2.24) is 4.98 Å². The van der Waals surface area contributed by atoms with Crippen LogP contribution in [0.15, 0.2) is 5.38 Å². The molecule has 2 N–H and O–H groups in total. The Labute approximate surface area is 103 Å². The second kappa shape index (κ2) is 5.78. The second-order valence-corrected chi connectivity index (χ2v) is 5.70. The van der Waals surface area contributed by atoms with Crippen LogP contribution >= 0.6 is 11.3 Å². The van der Waals surface area contributed by atoms with E-state index in [2.05, 4.69) is 33.1 Å². The fourth-order valence-electron chi connectivity index (χ4n) is 1.71. The predicted molar refractivity (Wildman–Crippen MR) is 71.9 cm³/mol. The van der Waals surface area contributed by atoms with Gasteiger partial charge in [-0.1, -0.05) is 40.5 Å². The van der Waals surface area contributed by atoms with Gasteiger partial charge in [0.05, 0.1) is 11.2 Å². The van der Waals surface area contributed by atoms with Crippen molar-refractivity contribution in [1.29, 1.82) is 0 Å². The van der Waals surface area contributed by atoms with Gasteiger partial charge in [-0.2, -0.15) is 0 Å². The number of aromatic nitrogens is 1. The van der Waals surface area contributed by atoms with E-state index in [4.69, 9.17) is 10.7 Å². The summed E-state index contributed by atoms with van der Waals surface area (Å²) >= 11 is 1.72. The lowest BCUT2D eigenvalue weighted by Gasteiger charge is -2.25. The summed E-state index contributed by atoms with van der Waals surface area (Å²) in [5.74, 6) is 0.497. The van der Waals surface area contributed by atoms with E-state index >= 15 is 0 Å². The van der Waals surface area contributed by atoms with Crippen LogP contribution in [0, 0.1) is 0 Å². The molecule has 1 atom stereocenters. The first-order valence-corrected chi connectivity index (χ1v) is 7.16. The van der Waals surface area contributed by atoms with E-state index in [1.807, 2.05) is 0 Å². The van der Waals surface area contributed by atoms with Gasteiger partial charge in [-0.25, -0.2) is 4.98 Å². The van der Waals surface area contributed by atoms with Crippen molar-refractivity contribution in [2.45, 2.75) is 64.8 Å². The summed E-state index contributed by atoms with van der Waals surface area (Å²) in [7, 11) is 0. The second-order valence-electron chi connectivity index (χ2n) is 4.85. The fourth-order valence-corrected chi connectivity index (χ4v) is 2.90. The maximum absolute atomic E-state index is 6.47. The van der Waals surface area contributed by atoms with E-state index in [9.17, 15) is 0 Å². The molecule has 0 aliphatic heterocycles. The normalized spacial score (nSPS) is 15.4. The maximum atomic E-state index is 6.47. The van der Waals surface area contributed by atoms with Crippen LogP contribution in [0.25, 0.3) is 0 Å². The molecule has 16 heavy (non-hydrogen) atoms. The zero-order valence-electron chi connectivity index (χ0n) is 10.9. The number of unbranched alkanes of at least 4 members (excludes halogenated alkanes) is 1. The number of hydrogen-bond donors (Lipinski definition) is 1. The highest BCUT2D eigenvalue weighted by atomic mass is 32.1. The minimum absolute atomic E-state index is 0.201. The van der Waals surface area contributed by atoms with Gasteiger partial charge >= 0.3 is 0 Å². The summed E-state index contributed by atoms with van der Waals surface area (Å²) < 4.78 is 0. The molecule has 1 rings (SSSR count). The standard InChI is InChI=1S/C13H24N2S/c1-5-7-8-13(14,6-2)12-15-11(9-16-12)10(3)4/h9-10H,5-8,14H2,1-4H3. The van der Waals surface area contributed by atoms with Gasteiger partial charge in [0.25, 0.3) is 0 Å². The van der Waals surface area contributed by atoms with Gasteiger partial charge in [0.1, 0.15) is 5.01 Å². The number of nitrogens with zero attached hydrogens (tertiary/aromatic N) is 1. The minimum atomic E-state index is -0.201. The molecule has 0 aliphatic rings. The Morgan fingerprint density at radius 1 is 1.44 bits per heavy atom. The summed E-state index contributed by atoms with van der Waals surface area (Å²) in [6.45, 7) is 8.72. The van der Waals surface area contributed by atoms with Gasteiger partial charge in [0, 0.05) is 5.38 Å². The summed E-state index contributed by atoms with van der Waals surface area (Å²) in [5, 5.41) is 3.27. The molecule has 0 radical (unpaired) electrons. The third-order valence-electron chi connectivity index (χ3n) is 3.15. The third-order valence-corrected chi connectivity index (χ3v) is 4.23. The first-order valence-electron chi connectivity index (χ1n) is 6.28. The van der Waals surface area contributed by atoms with Crippen LogP contribution in [0.4, 0.5) is 0 Å². The lowest BCUT2D eigenvalue weighted by atomic mass is 9.91. The number of thiazole rings is 1. The van der Waals surface area contributed by atoms with Crippen molar-refractivity contribution in [3.63, 3.8) is 0 Å². The number of hydrogen-bond acceptors (Lipinski definition) is 3. The Balaban J connectivity index is 2.85. The Morgan fingerprint density at radius 2 is 2.12 bits per heavy atom. The average molecular weight is 240 g/mol. The average Bonchev–Trinajstić information content (AvgIpc) is 2.75. The molecule has 0 spiro atoms. The lowest BCUT2D eigenvalue weighted by molar-refractivity contribution is 0.378. The van der Waals surface area contributed by atoms with Crippen LogP contribution in [0.2, 0.25) is 0 Å². The van der Waals surface area contributed by atoms with Crippen molar-refractivity contribution in [2.75, 3.05) is 0 Å². The van der Waals surface area contributed by atoms with E-state index in [1.165, 1.54) is 18.5 Å². The van der Waals surface area contributed by atoms with Gasteiger partial charge < -0.3 is 5.73 Å². The van der Waals surface area contributed by atoms with E-state index in [0.717, 1.165) is 17.8 Å². The van der Waals surface area contributed by atoms with Gasteiger partial charge in [0.2, 0.25) is 0 Å². The van der Waals surface area contributed by atoms with Gasteiger partial charge in [0.15, 0.2) is 0 Å². The summed E-state index contributed by atoms with van der Waals surface area (Å²) in [6.07, 6.45) is 4.39. The first kappa shape index (κ1) is 13.7. The van der Waals surface area contributed by atoms with Gasteiger partial charge in [-0.05, 0) is 18.8 Å². The lowest BCUT2D eigenvalue weighted by Crippen LogP contribution is -2.35. The molecule has 1 unspecified atom stereocenters. The van der Waals surface area contributed by atoms with E-state index in [-0.39, 0.29) is 5.54 Å². The van der Waals surface area contributed by atoms with Crippen molar-refractivity contribution in [3.8, 4) is 0 Å². The maximum Gasteiger partial charge on any atom is 0.113 e. The van der Waals surface area contributed by atoms with Crippen molar-refractivity contribution >= 4 is 11.3 Å². The monoisotopic (exact) mass is 240 g/mol. The number of nitrogens with two attached hydrogens (primary N) is 1. The highest BCUT2D eigenvalue weighted by Gasteiger charge is 2.28. The van der Waals surface area contributed by atoms with Crippen LogP contribution in [0.1, 0.15) is 70.0 Å². The van der Waals surface area contributed by atoms with Crippen LogP contribution in [-0.4, -0.2) is 4.98 Å². The third kappa shape index (κ3) is 3.05. The Kier molecular flexibility index (Phi) is 4.93. The van der Waals surface area contributed by atoms with Crippen LogP contribution in [0.3, 0.4) is 0 Å². The van der Waals surface area contributed by atoms with Crippen LogP contribution in [-0.2, 0) is 5.54 Å². The largest absolute Gasteiger partial charge is 0.319 e. The quantitative estimate of drug-likeness (QED) is 0.815. The Hall–Kier alpha value is -0.410. The van der Waals surface area contributed by atoms with Gasteiger partial charge in [-0.3, -0.25) is 0 Å². The molecule has 1 aromatic heterocycles. The predicted octanol–water partition coefficient (Wildman–Crippen LogP) is 4.02. The molecule has 0 aromatic carbocycles. The molecule has 92 valence electrons. The molecule has 0 amide bonds. The Bertz CT molecular complexity index is 319. The SMILES string of the molecule is CCCCC(N)(CC)c1nc(C(C)C)cs1. The molecule has 0 fully saturated rings. The molecule has 1 heterocycles. The molecule has 2 nitrogen and oxygen atoms in total. The van der Waals surface area contributed by atoms with Crippen molar-refractivity contribution < 1.29 is 0 Å². The van der Waals surface area contributed by atoms with Crippen molar-refractivity contribution in [2.24, 2.45) is 5.73 Å².